The van der Waals surface area contributed by atoms with Crippen LogP contribution in [0.3, 0.4) is 0 Å². The topological polar surface area (TPSA) is 55.2 Å². The summed E-state index contributed by atoms with van der Waals surface area (Å²) in [5.74, 6) is -0.284. The van der Waals surface area contributed by atoms with Gasteiger partial charge in [0.05, 0.1) is 4.92 Å². The van der Waals surface area contributed by atoms with Gasteiger partial charge in [-0.1, -0.05) is 20.8 Å². The fraction of sp³-hybridized carbons (Fsp3) is 0.571. The minimum Gasteiger partial charge on any atom is -0.382 e. The largest absolute Gasteiger partial charge is 0.382 e. The summed E-state index contributed by atoms with van der Waals surface area (Å²) in [5, 5.41) is 13.9. The molecule has 0 spiro atoms. The average molecular weight is 266 g/mol. The fourth-order valence-electron chi connectivity index (χ4n) is 3.05. The van der Waals surface area contributed by atoms with E-state index in [2.05, 4.69) is 26.1 Å². The predicted octanol–water partition coefficient (Wildman–Crippen LogP) is 3.97. The standard InChI is InChI=1S/C14H19FN2O2/c1-9-7-14(2,3)8-12(9)16-10-4-5-13(17(18)19)11(15)6-10/h4-6,9,12,16H,7-8H2,1-3H3. The quantitative estimate of drug-likeness (QED) is 0.665. The summed E-state index contributed by atoms with van der Waals surface area (Å²) >= 11 is 0. The van der Waals surface area contributed by atoms with Gasteiger partial charge in [-0.25, -0.2) is 0 Å². The second-order valence-electron chi connectivity index (χ2n) is 6.22. The first kappa shape index (κ1) is 13.8. The number of benzene rings is 1. The molecule has 1 saturated carbocycles. The minimum absolute atomic E-state index is 0.288. The molecule has 1 aromatic carbocycles. The van der Waals surface area contributed by atoms with E-state index in [0.717, 1.165) is 12.8 Å². The molecular formula is C14H19FN2O2. The van der Waals surface area contributed by atoms with E-state index in [4.69, 9.17) is 0 Å². The highest BCUT2D eigenvalue weighted by atomic mass is 19.1. The number of nitro benzene ring substituents is 1. The summed E-state index contributed by atoms with van der Waals surface area (Å²) in [6.07, 6.45) is 2.15. The van der Waals surface area contributed by atoms with Crippen molar-refractivity contribution in [3.05, 3.63) is 34.1 Å². The van der Waals surface area contributed by atoms with Crippen molar-refractivity contribution in [1.29, 1.82) is 0 Å². The Bertz CT molecular complexity index is 502. The van der Waals surface area contributed by atoms with Crippen LogP contribution in [0.5, 0.6) is 0 Å². The van der Waals surface area contributed by atoms with Crippen LogP contribution in [0.25, 0.3) is 0 Å². The van der Waals surface area contributed by atoms with Crippen LogP contribution in [-0.4, -0.2) is 11.0 Å². The lowest BCUT2D eigenvalue weighted by molar-refractivity contribution is -0.387. The van der Waals surface area contributed by atoms with Gasteiger partial charge >= 0.3 is 5.69 Å². The van der Waals surface area contributed by atoms with E-state index >= 15 is 0 Å². The van der Waals surface area contributed by atoms with Gasteiger partial charge in [0.1, 0.15) is 0 Å². The van der Waals surface area contributed by atoms with Crippen molar-refractivity contribution in [2.75, 3.05) is 5.32 Å². The highest BCUT2D eigenvalue weighted by Crippen LogP contribution is 2.42. The third-order valence-electron chi connectivity index (χ3n) is 3.83. The van der Waals surface area contributed by atoms with Crippen LogP contribution >= 0.6 is 0 Å². The lowest BCUT2D eigenvalue weighted by atomic mass is 9.91. The van der Waals surface area contributed by atoms with E-state index in [1.165, 1.54) is 12.1 Å². The van der Waals surface area contributed by atoms with Crippen molar-refractivity contribution in [3.63, 3.8) is 0 Å². The van der Waals surface area contributed by atoms with Gasteiger partial charge in [-0.3, -0.25) is 10.1 Å². The first-order valence-corrected chi connectivity index (χ1v) is 6.49. The molecule has 2 rings (SSSR count). The molecule has 0 aliphatic heterocycles. The zero-order valence-electron chi connectivity index (χ0n) is 11.4. The molecule has 1 aliphatic carbocycles. The van der Waals surface area contributed by atoms with E-state index in [1.54, 1.807) is 6.07 Å². The van der Waals surface area contributed by atoms with Crippen LogP contribution < -0.4 is 5.32 Å². The molecule has 0 saturated heterocycles. The molecule has 1 aromatic rings. The molecule has 0 amide bonds. The van der Waals surface area contributed by atoms with Crippen molar-refractivity contribution in [1.82, 2.24) is 0 Å². The van der Waals surface area contributed by atoms with Crippen molar-refractivity contribution >= 4 is 11.4 Å². The van der Waals surface area contributed by atoms with E-state index in [1.807, 2.05) is 0 Å². The lowest BCUT2D eigenvalue weighted by Gasteiger charge is -2.19. The maximum Gasteiger partial charge on any atom is 0.304 e. The molecule has 4 nitrogen and oxygen atoms in total. The van der Waals surface area contributed by atoms with Gasteiger partial charge < -0.3 is 5.32 Å². The molecule has 2 atom stereocenters. The second-order valence-corrected chi connectivity index (χ2v) is 6.22. The van der Waals surface area contributed by atoms with Gasteiger partial charge in [-0.15, -0.1) is 0 Å². The van der Waals surface area contributed by atoms with Crippen molar-refractivity contribution < 1.29 is 9.31 Å². The number of rotatable bonds is 3. The maximum atomic E-state index is 13.5. The predicted molar refractivity (Wildman–Crippen MR) is 72.6 cm³/mol. The maximum absolute atomic E-state index is 13.5. The molecule has 0 heterocycles. The third kappa shape index (κ3) is 3.03. The Balaban J connectivity index is 2.12. The Morgan fingerprint density at radius 3 is 2.58 bits per heavy atom. The summed E-state index contributed by atoms with van der Waals surface area (Å²) in [6.45, 7) is 6.62. The first-order chi connectivity index (χ1) is 8.78. The van der Waals surface area contributed by atoms with E-state index in [9.17, 15) is 14.5 Å². The monoisotopic (exact) mass is 266 g/mol. The van der Waals surface area contributed by atoms with E-state index in [-0.39, 0.29) is 11.5 Å². The van der Waals surface area contributed by atoms with Crippen LogP contribution in [-0.2, 0) is 0 Å². The summed E-state index contributed by atoms with van der Waals surface area (Å²) in [7, 11) is 0. The van der Waals surface area contributed by atoms with Crippen LogP contribution in [0.4, 0.5) is 15.8 Å². The zero-order valence-corrected chi connectivity index (χ0v) is 11.4. The Morgan fingerprint density at radius 1 is 1.42 bits per heavy atom. The molecule has 1 N–H and O–H groups in total. The lowest BCUT2D eigenvalue weighted by Crippen LogP contribution is -2.22. The van der Waals surface area contributed by atoms with Gasteiger partial charge in [-0.2, -0.15) is 4.39 Å². The number of nitro groups is 1. The first-order valence-electron chi connectivity index (χ1n) is 6.49. The van der Waals surface area contributed by atoms with Gasteiger partial charge in [0.25, 0.3) is 0 Å². The highest BCUT2D eigenvalue weighted by Gasteiger charge is 2.36. The second kappa shape index (κ2) is 4.79. The molecule has 0 radical (unpaired) electrons. The van der Waals surface area contributed by atoms with E-state index < -0.39 is 16.4 Å². The Labute approximate surface area is 112 Å². The number of hydrogen-bond acceptors (Lipinski definition) is 3. The van der Waals surface area contributed by atoms with Gasteiger partial charge in [-0.05, 0) is 30.2 Å². The fourth-order valence-corrected chi connectivity index (χ4v) is 3.05. The van der Waals surface area contributed by atoms with Crippen LogP contribution in [0, 0.1) is 27.3 Å². The third-order valence-corrected chi connectivity index (χ3v) is 3.83. The number of hydrogen-bond donors (Lipinski definition) is 1. The van der Waals surface area contributed by atoms with Crippen LogP contribution in [0.1, 0.15) is 33.6 Å². The molecule has 19 heavy (non-hydrogen) atoms. The smallest absolute Gasteiger partial charge is 0.304 e. The van der Waals surface area contributed by atoms with Gasteiger partial charge in [0, 0.05) is 23.9 Å². The van der Waals surface area contributed by atoms with Crippen molar-refractivity contribution in [2.45, 2.75) is 39.7 Å². The summed E-state index contributed by atoms with van der Waals surface area (Å²) < 4.78 is 13.5. The normalized spacial score (nSPS) is 25.3. The Morgan fingerprint density at radius 2 is 2.11 bits per heavy atom. The minimum atomic E-state index is -0.792. The molecule has 0 aromatic heterocycles. The summed E-state index contributed by atoms with van der Waals surface area (Å²) in [5.41, 5.74) is 0.416. The Hall–Kier alpha value is -1.65. The van der Waals surface area contributed by atoms with Crippen LogP contribution in [0.2, 0.25) is 0 Å². The Kier molecular flexibility index (Phi) is 3.47. The molecule has 0 bridgehead atoms. The van der Waals surface area contributed by atoms with Crippen molar-refractivity contribution in [3.8, 4) is 0 Å². The molecule has 5 heteroatoms. The van der Waals surface area contributed by atoms with Gasteiger partial charge in [0.15, 0.2) is 0 Å². The average Bonchev–Trinajstić information content (AvgIpc) is 2.51. The van der Waals surface area contributed by atoms with E-state index in [0.29, 0.717) is 11.6 Å². The molecule has 104 valence electrons. The summed E-state index contributed by atoms with van der Waals surface area (Å²) in [4.78, 5) is 9.85. The number of anilines is 1. The zero-order chi connectivity index (χ0) is 14.2. The number of nitrogens with one attached hydrogen (secondary N) is 1. The number of nitrogens with zero attached hydrogens (tertiary/aromatic N) is 1. The SMILES string of the molecule is CC1CC(C)(C)CC1Nc1ccc([N+](=O)[O-])c(F)c1. The summed E-state index contributed by atoms with van der Waals surface area (Å²) in [6, 6.07) is 4.27. The molecule has 1 aliphatic rings. The number of halogens is 1. The van der Waals surface area contributed by atoms with Gasteiger partial charge in [0.2, 0.25) is 5.82 Å². The molecular weight excluding hydrogens is 247 g/mol. The van der Waals surface area contributed by atoms with Crippen molar-refractivity contribution in [2.24, 2.45) is 11.3 Å². The molecule has 1 fully saturated rings. The van der Waals surface area contributed by atoms with Crippen LogP contribution in [0.15, 0.2) is 18.2 Å². The highest BCUT2D eigenvalue weighted by molar-refractivity contribution is 5.50. The molecule has 2 unspecified atom stereocenters.